The number of carbonyl (C=O) groups excluding carboxylic acids is 4. The summed E-state index contributed by atoms with van der Waals surface area (Å²) in [7, 11) is 0. The van der Waals surface area contributed by atoms with Crippen LogP contribution in [0, 0.1) is 5.92 Å². The number of amides is 4. The minimum absolute atomic E-state index is 0.0240. The van der Waals surface area contributed by atoms with Crippen molar-refractivity contribution in [2.75, 3.05) is 0 Å². The Kier molecular flexibility index (Phi) is 13.4. The van der Waals surface area contributed by atoms with Crippen LogP contribution >= 0.6 is 0 Å². The Labute approximate surface area is 225 Å². The molecule has 0 fully saturated rings. The molecule has 1 aromatic carbocycles. The summed E-state index contributed by atoms with van der Waals surface area (Å²) in [5, 5.41) is 35.1. The van der Waals surface area contributed by atoms with Gasteiger partial charge >= 0.3 is 11.9 Å². The molecular formula is C25H37N5O9. The van der Waals surface area contributed by atoms with Gasteiger partial charge in [0.05, 0.1) is 6.04 Å². The van der Waals surface area contributed by atoms with E-state index in [2.05, 4.69) is 16.0 Å². The Hall–Kier alpha value is -4.20. The third kappa shape index (κ3) is 11.8. The molecule has 216 valence electrons. The van der Waals surface area contributed by atoms with Crippen LogP contribution < -0.4 is 27.4 Å². The summed E-state index contributed by atoms with van der Waals surface area (Å²) in [6.07, 6.45) is -0.937. The maximum Gasteiger partial charge on any atom is 0.326 e. The van der Waals surface area contributed by atoms with Crippen molar-refractivity contribution in [3.8, 4) is 5.75 Å². The first-order valence-corrected chi connectivity index (χ1v) is 12.4. The van der Waals surface area contributed by atoms with E-state index in [0.29, 0.717) is 12.0 Å². The molecule has 0 aliphatic heterocycles. The molecule has 5 atom stereocenters. The van der Waals surface area contributed by atoms with E-state index in [0.717, 1.165) is 0 Å². The number of benzene rings is 1. The first kappa shape index (κ1) is 32.8. The molecule has 0 saturated carbocycles. The zero-order chi connectivity index (χ0) is 29.7. The molecule has 0 spiro atoms. The monoisotopic (exact) mass is 551 g/mol. The van der Waals surface area contributed by atoms with Crippen LogP contribution in [-0.4, -0.2) is 75.1 Å². The molecule has 4 amide bonds. The predicted molar refractivity (Wildman–Crippen MR) is 138 cm³/mol. The molecule has 39 heavy (non-hydrogen) atoms. The molecule has 0 aliphatic rings. The van der Waals surface area contributed by atoms with Crippen molar-refractivity contribution in [1.29, 1.82) is 0 Å². The van der Waals surface area contributed by atoms with Crippen molar-refractivity contribution in [2.24, 2.45) is 17.4 Å². The van der Waals surface area contributed by atoms with Crippen molar-refractivity contribution in [3.63, 3.8) is 0 Å². The molecule has 0 saturated heterocycles. The normalized spacial score (nSPS) is 14.6. The number of aliphatic carboxylic acids is 2. The van der Waals surface area contributed by atoms with Crippen LogP contribution in [0.2, 0.25) is 0 Å². The molecule has 1 aromatic rings. The van der Waals surface area contributed by atoms with E-state index in [-0.39, 0.29) is 31.4 Å². The largest absolute Gasteiger partial charge is 0.508 e. The molecule has 14 nitrogen and oxygen atoms in total. The van der Waals surface area contributed by atoms with Crippen molar-refractivity contribution >= 4 is 35.6 Å². The fourth-order valence-corrected chi connectivity index (χ4v) is 3.56. The van der Waals surface area contributed by atoms with Gasteiger partial charge in [-0.25, -0.2) is 4.79 Å². The number of nitrogens with two attached hydrogens (primary N) is 2. The minimum Gasteiger partial charge on any atom is -0.508 e. The molecule has 0 aliphatic carbocycles. The number of phenols is 1. The number of carboxylic acids is 2. The van der Waals surface area contributed by atoms with Gasteiger partial charge in [0.1, 0.15) is 23.9 Å². The zero-order valence-corrected chi connectivity index (χ0v) is 21.9. The van der Waals surface area contributed by atoms with Gasteiger partial charge in [-0.2, -0.15) is 0 Å². The Morgan fingerprint density at radius 1 is 0.846 bits per heavy atom. The van der Waals surface area contributed by atoms with Crippen LogP contribution in [0.4, 0.5) is 0 Å². The van der Waals surface area contributed by atoms with Crippen LogP contribution in [0.25, 0.3) is 0 Å². The lowest BCUT2D eigenvalue weighted by Crippen LogP contribution is -2.58. The summed E-state index contributed by atoms with van der Waals surface area (Å²) in [5.74, 6) is -6.30. The fraction of sp³-hybridized carbons (Fsp3) is 0.520. The van der Waals surface area contributed by atoms with Gasteiger partial charge in [0.15, 0.2) is 0 Å². The number of carbonyl (C=O) groups is 6. The third-order valence-corrected chi connectivity index (χ3v) is 6.10. The Morgan fingerprint density at radius 2 is 1.36 bits per heavy atom. The topological polar surface area (TPSA) is 251 Å². The van der Waals surface area contributed by atoms with Crippen LogP contribution in [0.3, 0.4) is 0 Å². The fourth-order valence-electron chi connectivity index (χ4n) is 3.56. The average Bonchev–Trinajstić information content (AvgIpc) is 2.87. The second kappa shape index (κ2) is 15.9. The summed E-state index contributed by atoms with van der Waals surface area (Å²) in [4.78, 5) is 72.8. The quantitative estimate of drug-likeness (QED) is 0.117. The first-order chi connectivity index (χ1) is 18.2. The smallest absolute Gasteiger partial charge is 0.326 e. The van der Waals surface area contributed by atoms with E-state index in [1.807, 2.05) is 0 Å². The van der Waals surface area contributed by atoms with Crippen molar-refractivity contribution < 1.29 is 44.1 Å². The van der Waals surface area contributed by atoms with Crippen LogP contribution in [0.15, 0.2) is 24.3 Å². The van der Waals surface area contributed by atoms with Gasteiger partial charge in [0.25, 0.3) is 0 Å². The highest BCUT2D eigenvalue weighted by molar-refractivity contribution is 5.94. The second-order valence-electron chi connectivity index (χ2n) is 9.25. The molecule has 1 rings (SSSR count). The number of hydrogen-bond donors (Lipinski definition) is 8. The standard InChI is InChI=1S/C25H37N5O9/c1-3-13(2)21(25(38)39)30-24(37)17(8-10-19(27)32)29-23(36)18(9-11-20(33)34)28-22(35)16(26)12-14-4-6-15(31)7-5-14/h4-7,13,16-18,21,31H,3,8-12,26H2,1-2H3,(H2,27,32)(H,28,35)(H,29,36)(H,30,37)(H,33,34)(H,38,39). The van der Waals surface area contributed by atoms with Crippen LogP contribution in [-0.2, 0) is 35.2 Å². The van der Waals surface area contributed by atoms with Gasteiger partial charge in [0, 0.05) is 12.8 Å². The Morgan fingerprint density at radius 3 is 1.85 bits per heavy atom. The highest BCUT2D eigenvalue weighted by Crippen LogP contribution is 2.12. The maximum atomic E-state index is 13.1. The number of hydrogen-bond acceptors (Lipinski definition) is 8. The molecule has 0 radical (unpaired) electrons. The van der Waals surface area contributed by atoms with Crippen LogP contribution in [0.5, 0.6) is 5.75 Å². The van der Waals surface area contributed by atoms with Gasteiger partial charge in [-0.1, -0.05) is 32.4 Å². The van der Waals surface area contributed by atoms with E-state index < -0.39 is 72.1 Å². The van der Waals surface area contributed by atoms with E-state index in [1.165, 1.54) is 12.1 Å². The second-order valence-corrected chi connectivity index (χ2v) is 9.25. The summed E-state index contributed by atoms with van der Waals surface area (Å²) in [5.41, 5.74) is 11.8. The van der Waals surface area contributed by atoms with Crippen molar-refractivity contribution in [2.45, 2.75) is 76.5 Å². The number of nitrogens with one attached hydrogen (secondary N) is 3. The summed E-state index contributed by atoms with van der Waals surface area (Å²) < 4.78 is 0. The van der Waals surface area contributed by atoms with E-state index in [1.54, 1.807) is 26.0 Å². The van der Waals surface area contributed by atoms with E-state index >= 15 is 0 Å². The lowest BCUT2D eigenvalue weighted by molar-refractivity contribution is -0.144. The summed E-state index contributed by atoms with van der Waals surface area (Å²) in [6, 6.07) is 0.740. The van der Waals surface area contributed by atoms with E-state index in [9.17, 15) is 39.0 Å². The molecule has 0 bridgehead atoms. The number of rotatable bonds is 17. The molecule has 14 heteroatoms. The highest BCUT2D eigenvalue weighted by Gasteiger charge is 2.32. The number of phenolic OH excluding ortho intramolecular Hbond substituents is 1. The minimum atomic E-state index is -1.41. The lowest BCUT2D eigenvalue weighted by Gasteiger charge is -2.26. The van der Waals surface area contributed by atoms with Gasteiger partial charge < -0.3 is 42.7 Å². The SMILES string of the molecule is CCC(C)C(NC(=O)C(CCC(N)=O)NC(=O)C(CCC(=O)O)NC(=O)C(N)Cc1ccc(O)cc1)C(=O)O. The predicted octanol–water partition coefficient (Wildman–Crippen LogP) is -1.02. The van der Waals surface area contributed by atoms with Crippen LogP contribution in [0.1, 0.15) is 51.5 Å². The average molecular weight is 552 g/mol. The van der Waals surface area contributed by atoms with E-state index in [4.69, 9.17) is 16.6 Å². The first-order valence-electron chi connectivity index (χ1n) is 12.4. The number of primary amides is 1. The maximum absolute atomic E-state index is 13.1. The molecule has 0 heterocycles. The van der Waals surface area contributed by atoms with Gasteiger partial charge in [0.2, 0.25) is 23.6 Å². The van der Waals surface area contributed by atoms with Crippen molar-refractivity contribution in [3.05, 3.63) is 29.8 Å². The van der Waals surface area contributed by atoms with Crippen molar-refractivity contribution in [1.82, 2.24) is 16.0 Å². The zero-order valence-electron chi connectivity index (χ0n) is 21.9. The van der Waals surface area contributed by atoms with Gasteiger partial charge in [-0.05, 0) is 42.9 Å². The Bertz CT molecular complexity index is 1030. The summed E-state index contributed by atoms with van der Waals surface area (Å²) in [6.45, 7) is 3.36. The third-order valence-electron chi connectivity index (χ3n) is 6.10. The molecular weight excluding hydrogens is 514 g/mol. The lowest BCUT2D eigenvalue weighted by atomic mass is 9.98. The van der Waals surface area contributed by atoms with Gasteiger partial charge in [-0.3, -0.25) is 24.0 Å². The number of carboxylic acid groups (broad SMARTS) is 2. The summed E-state index contributed by atoms with van der Waals surface area (Å²) >= 11 is 0. The molecule has 10 N–H and O–H groups in total. The highest BCUT2D eigenvalue weighted by atomic mass is 16.4. The van der Waals surface area contributed by atoms with Gasteiger partial charge in [-0.15, -0.1) is 0 Å². The Balaban J connectivity index is 3.05. The molecule has 5 unspecified atom stereocenters. The number of aromatic hydroxyl groups is 1. The molecule has 0 aromatic heterocycles.